The molecule has 1 saturated heterocycles. The molecular formula is C43H47N5O6Si. The number of aliphatic hydroxyl groups is 1. The zero-order valence-electron chi connectivity index (χ0n) is 31.9. The van der Waals surface area contributed by atoms with Crippen molar-refractivity contribution in [3.8, 4) is 5.75 Å². The summed E-state index contributed by atoms with van der Waals surface area (Å²) in [6.07, 6.45) is -0.632. The molecule has 0 bridgehead atoms. The Morgan fingerprint density at radius 3 is 2.00 bits per heavy atom. The fourth-order valence-corrected chi connectivity index (χ4v) is 8.10. The standard InChI is InChI=1S/C43H47N5O6Si/c1-42(2,3)55(5,6)54-37-34(26-52-43(30-18-12-8-13-19-30,31-20-14-9-15-21-31)32-22-24-33(51-4)25-23-32)53-41(36(37)49)48-28-46-35-38(44-27-45-39(35)48)47-40(50)29-16-10-7-11-17-29/h7-25,27-28,34,36-37,41,49H,26H2,1-6H3,(H,44,45,47,50)/t34-,36+,37+,41-/m0/s1. The molecule has 2 N–H and O–H groups in total. The second-order valence-corrected chi connectivity index (χ2v) is 20.0. The first-order chi connectivity index (χ1) is 26.4. The highest BCUT2D eigenvalue weighted by Gasteiger charge is 2.52. The van der Waals surface area contributed by atoms with Gasteiger partial charge in [-0.25, -0.2) is 15.0 Å². The van der Waals surface area contributed by atoms with Gasteiger partial charge in [-0.15, -0.1) is 0 Å². The lowest BCUT2D eigenvalue weighted by atomic mass is 9.80. The van der Waals surface area contributed by atoms with E-state index in [-0.39, 0.29) is 23.4 Å². The maximum atomic E-state index is 13.1. The van der Waals surface area contributed by atoms with Gasteiger partial charge in [-0.1, -0.05) is 112 Å². The van der Waals surface area contributed by atoms with Gasteiger partial charge >= 0.3 is 0 Å². The third-order valence-corrected chi connectivity index (χ3v) is 15.2. The number of aromatic nitrogens is 4. The lowest BCUT2D eigenvalue weighted by Crippen LogP contribution is -2.50. The van der Waals surface area contributed by atoms with E-state index in [9.17, 15) is 9.90 Å². The molecule has 0 saturated carbocycles. The maximum absolute atomic E-state index is 13.1. The molecule has 6 aromatic rings. The van der Waals surface area contributed by atoms with E-state index >= 15 is 0 Å². The Labute approximate surface area is 322 Å². The number of rotatable bonds is 12. The molecule has 0 radical (unpaired) electrons. The van der Waals surface area contributed by atoms with Crippen molar-refractivity contribution in [3.63, 3.8) is 0 Å². The number of ether oxygens (including phenoxy) is 3. The molecule has 1 fully saturated rings. The van der Waals surface area contributed by atoms with Crippen LogP contribution in [0.15, 0.2) is 128 Å². The number of aliphatic hydroxyl groups excluding tert-OH is 1. The molecule has 7 rings (SSSR count). The first kappa shape index (κ1) is 38.0. The van der Waals surface area contributed by atoms with Crippen molar-refractivity contribution in [2.75, 3.05) is 19.0 Å². The van der Waals surface area contributed by atoms with Crippen LogP contribution in [0.4, 0.5) is 5.82 Å². The molecule has 2 aromatic heterocycles. The van der Waals surface area contributed by atoms with E-state index in [4.69, 9.17) is 18.6 Å². The molecule has 284 valence electrons. The zero-order valence-corrected chi connectivity index (χ0v) is 32.9. The topological polar surface area (TPSA) is 130 Å². The Morgan fingerprint density at radius 1 is 0.836 bits per heavy atom. The highest BCUT2D eigenvalue weighted by atomic mass is 28.4. The highest BCUT2D eigenvalue weighted by molar-refractivity contribution is 6.74. The van der Waals surface area contributed by atoms with Gasteiger partial charge in [0.25, 0.3) is 5.91 Å². The number of nitrogens with one attached hydrogen (secondary N) is 1. The minimum atomic E-state index is -2.47. The summed E-state index contributed by atoms with van der Waals surface area (Å²) < 4.78 is 28.3. The van der Waals surface area contributed by atoms with E-state index in [1.165, 1.54) is 6.33 Å². The fourth-order valence-electron chi connectivity index (χ4n) is 6.77. The van der Waals surface area contributed by atoms with Gasteiger partial charge in [0.05, 0.1) is 20.0 Å². The molecule has 1 aliphatic rings. The summed E-state index contributed by atoms with van der Waals surface area (Å²) in [5.74, 6) is 0.643. The Kier molecular flexibility index (Phi) is 10.7. The summed E-state index contributed by atoms with van der Waals surface area (Å²) in [6.45, 7) is 10.9. The number of benzene rings is 4. The van der Waals surface area contributed by atoms with Crippen LogP contribution in [-0.2, 0) is 19.5 Å². The number of hydrogen-bond donors (Lipinski definition) is 2. The van der Waals surface area contributed by atoms with Gasteiger partial charge in [0, 0.05) is 5.56 Å². The van der Waals surface area contributed by atoms with Gasteiger partial charge in [0.2, 0.25) is 0 Å². The van der Waals surface area contributed by atoms with E-state index in [0.29, 0.717) is 16.7 Å². The molecule has 0 aliphatic carbocycles. The lowest BCUT2D eigenvalue weighted by molar-refractivity contribution is -0.0930. The number of anilines is 1. The molecule has 55 heavy (non-hydrogen) atoms. The van der Waals surface area contributed by atoms with Gasteiger partial charge in [0.1, 0.15) is 36.0 Å². The van der Waals surface area contributed by atoms with Crippen LogP contribution in [0.2, 0.25) is 18.1 Å². The minimum absolute atomic E-state index is 0.0582. The number of imidazole rings is 1. The fraction of sp³-hybridized carbons (Fsp3) is 0.302. The Bertz CT molecular complexity index is 2170. The smallest absolute Gasteiger partial charge is 0.256 e. The number of amides is 1. The number of fused-ring (bicyclic) bond motifs is 1. The number of carbonyl (C=O) groups is 1. The molecule has 0 spiro atoms. The number of nitrogens with zero attached hydrogens (tertiary/aromatic N) is 4. The monoisotopic (exact) mass is 757 g/mol. The third-order valence-electron chi connectivity index (χ3n) is 10.8. The Balaban J connectivity index is 1.27. The van der Waals surface area contributed by atoms with Crippen LogP contribution < -0.4 is 10.1 Å². The van der Waals surface area contributed by atoms with E-state index in [2.05, 4.69) is 78.4 Å². The van der Waals surface area contributed by atoms with Crippen LogP contribution in [0, 0.1) is 0 Å². The van der Waals surface area contributed by atoms with Crippen molar-refractivity contribution in [2.24, 2.45) is 0 Å². The molecule has 1 aliphatic heterocycles. The van der Waals surface area contributed by atoms with Gasteiger partial charge in [-0.2, -0.15) is 0 Å². The minimum Gasteiger partial charge on any atom is -0.497 e. The van der Waals surface area contributed by atoms with Crippen LogP contribution in [0.5, 0.6) is 5.75 Å². The quantitative estimate of drug-likeness (QED) is 0.0951. The average molecular weight is 758 g/mol. The van der Waals surface area contributed by atoms with E-state index in [1.54, 1.807) is 42.3 Å². The molecule has 1 amide bonds. The second kappa shape index (κ2) is 15.5. The van der Waals surface area contributed by atoms with Crippen LogP contribution in [-0.4, -0.2) is 70.9 Å². The summed E-state index contributed by atoms with van der Waals surface area (Å²) in [5, 5.41) is 14.9. The molecule has 3 heterocycles. The summed E-state index contributed by atoms with van der Waals surface area (Å²) >= 11 is 0. The van der Waals surface area contributed by atoms with Gasteiger partial charge in [-0.05, 0) is 59.1 Å². The molecule has 11 nitrogen and oxygen atoms in total. The molecular weight excluding hydrogens is 711 g/mol. The largest absolute Gasteiger partial charge is 0.497 e. The van der Waals surface area contributed by atoms with Crippen LogP contribution in [0.3, 0.4) is 0 Å². The normalized spacial score (nSPS) is 19.0. The third kappa shape index (κ3) is 7.43. The SMILES string of the molecule is COc1ccc(C(OC[C@@H]2O[C@H](n3cnc4c(NC(=O)c5ccccc5)ncnc43)[C@H](O)[C@@H]2O[Si](C)(C)C(C)(C)C)(c2ccccc2)c2ccccc2)cc1. The summed E-state index contributed by atoms with van der Waals surface area (Å²) in [7, 11) is -0.821. The first-order valence-corrected chi connectivity index (χ1v) is 21.3. The average Bonchev–Trinajstić information content (AvgIpc) is 3.76. The Morgan fingerprint density at radius 2 is 1.42 bits per heavy atom. The second-order valence-electron chi connectivity index (χ2n) is 15.2. The summed E-state index contributed by atoms with van der Waals surface area (Å²) in [5.41, 5.74) is 2.89. The van der Waals surface area contributed by atoms with E-state index < -0.39 is 38.5 Å². The van der Waals surface area contributed by atoms with Crippen molar-refractivity contribution in [2.45, 2.75) is 69.0 Å². The molecule has 4 atom stereocenters. The molecule has 4 aromatic carbocycles. The number of methoxy groups -OCH3 is 1. The van der Waals surface area contributed by atoms with Gasteiger partial charge < -0.3 is 29.1 Å². The lowest BCUT2D eigenvalue weighted by Gasteiger charge is -2.41. The van der Waals surface area contributed by atoms with Gasteiger partial charge in [0.15, 0.2) is 31.5 Å². The first-order valence-electron chi connectivity index (χ1n) is 18.4. The van der Waals surface area contributed by atoms with Crippen LogP contribution >= 0.6 is 0 Å². The summed E-state index contributed by atoms with van der Waals surface area (Å²) in [6, 6.07) is 36.9. The Hall–Kier alpha value is -5.24. The van der Waals surface area contributed by atoms with Crippen molar-refractivity contribution >= 4 is 31.2 Å². The number of carbonyl (C=O) groups excluding carboxylic acids is 1. The summed E-state index contributed by atoms with van der Waals surface area (Å²) in [4.78, 5) is 26.5. The van der Waals surface area contributed by atoms with Crippen molar-refractivity contribution < 1.29 is 28.5 Å². The predicted molar refractivity (Wildman–Crippen MR) is 213 cm³/mol. The zero-order chi connectivity index (χ0) is 38.8. The van der Waals surface area contributed by atoms with Crippen molar-refractivity contribution in [1.29, 1.82) is 0 Å². The van der Waals surface area contributed by atoms with Crippen molar-refractivity contribution in [1.82, 2.24) is 19.5 Å². The van der Waals surface area contributed by atoms with Crippen LogP contribution in [0.1, 0.15) is 54.0 Å². The number of hydrogen-bond acceptors (Lipinski definition) is 9. The van der Waals surface area contributed by atoms with Crippen molar-refractivity contribution in [3.05, 3.63) is 150 Å². The highest BCUT2D eigenvalue weighted by Crippen LogP contribution is 2.45. The van der Waals surface area contributed by atoms with E-state index in [0.717, 1.165) is 22.4 Å². The van der Waals surface area contributed by atoms with Crippen LogP contribution in [0.25, 0.3) is 11.2 Å². The van der Waals surface area contributed by atoms with E-state index in [1.807, 2.05) is 66.7 Å². The predicted octanol–water partition coefficient (Wildman–Crippen LogP) is 7.74. The maximum Gasteiger partial charge on any atom is 0.256 e. The van der Waals surface area contributed by atoms with Gasteiger partial charge in [-0.3, -0.25) is 9.36 Å². The molecule has 0 unspecified atom stereocenters. The molecule has 12 heteroatoms.